The van der Waals surface area contributed by atoms with Crippen molar-refractivity contribution in [1.29, 1.82) is 0 Å². The van der Waals surface area contributed by atoms with E-state index < -0.39 is 0 Å². The van der Waals surface area contributed by atoms with E-state index in [-0.39, 0.29) is 6.04 Å². The van der Waals surface area contributed by atoms with E-state index in [1.165, 1.54) is 16.7 Å². The SMILES string of the molecule is C/C(=C\c1ccc(C)cc1)C(C)N. The van der Waals surface area contributed by atoms with Crippen molar-refractivity contribution in [3.8, 4) is 0 Å². The van der Waals surface area contributed by atoms with Gasteiger partial charge in [0.1, 0.15) is 0 Å². The molecule has 0 aliphatic carbocycles. The van der Waals surface area contributed by atoms with E-state index in [2.05, 4.69) is 44.2 Å². The monoisotopic (exact) mass is 175 g/mol. The number of rotatable bonds is 2. The van der Waals surface area contributed by atoms with Gasteiger partial charge in [0.15, 0.2) is 0 Å². The lowest BCUT2D eigenvalue weighted by molar-refractivity contribution is 0.868. The quantitative estimate of drug-likeness (QED) is 0.735. The van der Waals surface area contributed by atoms with Crippen LogP contribution in [-0.4, -0.2) is 6.04 Å². The van der Waals surface area contributed by atoms with Gasteiger partial charge >= 0.3 is 0 Å². The molecule has 1 aromatic rings. The van der Waals surface area contributed by atoms with Crippen molar-refractivity contribution >= 4 is 6.08 Å². The minimum absolute atomic E-state index is 0.140. The summed E-state index contributed by atoms with van der Waals surface area (Å²) in [5, 5.41) is 0. The molecule has 2 N–H and O–H groups in total. The molecule has 0 radical (unpaired) electrons. The third kappa shape index (κ3) is 3.03. The summed E-state index contributed by atoms with van der Waals surface area (Å²) >= 11 is 0. The van der Waals surface area contributed by atoms with Crippen molar-refractivity contribution < 1.29 is 0 Å². The summed E-state index contributed by atoms with van der Waals surface area (Å²) in [5.41, 5.74) is 9.47. The van der Waals surface area contributed by atoms with E-state index in [4.69, 9.17) is 5.73 Å². The van der Waals surface area contributed by atoms with Crippen LogP contribution in [0.15, 0.2) is 29.8 Å². The van der Waals surface area contributed by atoms with Crippen LogP contribution in [0.1, 0.15) is 25.0 Å². The van der Waals surface area contributed by atoms with Crippen molar-refractivity contribution in [2.45, 2.75) is 26.8 Å². The number of nitrogens with two attached hydrogens (primary N) is 1. The highest BCUT2D eigenvalue weighted by Gasteiger charge is 1.96. The number of hydrogen-bond acceptors (Lipinski definition) is 1. The number of aryl methyl sites for hydroxylation is 1. The van der Waals surface area contributed by atoms with E-state index in [1.807, 2.05) is 6.92 Å². The minimum Gasteiger partial charge on any atom is -0.324 e. The molecule has 1 aromatic carbocycles. The van der Waals surface area contributed by atoms with E-state index in [9.17, 15) is 0 Å². The molecule has 0 bridgehead atoms. The molecule has 1 atom stereocenters. The van der Waals surface area contributed by atoms with Crippen molar-refractivity contribution in [3.63, 3.8) is 0 Å². The van der Waals surface area contributed by atoms with Gasteiger partial charge in [-0.2, -0.15) is 0 Å². The first-order chi connectivity index (χ1) is 6.09. The van der Waals surface area contributed by atoms with Gasteiger partial charge < -0.3 is 5.73 Å². The van der Waals surface area contributed by atoms with E-state index >= 15 is 0 Å². The highest BCUT2D eigenvalue weighted by atomic mass is 14.6. The van der Waals surface area contributed by atoms with Crippen LogP contribution in [0.25, 0.3) is 6.08 Å². The van der Waals surface area contributed by atoms with Crippen LogP contribution in [0.2, 0.25) is 0 Å². The standard InChI is InChI=1S/C12H17N/c1-9-4-6-12(7-5-9)8-10(2)11(3)13/h4-8,11H,13H2,1-3H3/b10-8+. The largest absolute Gasteiger partial charge is 0.324 e. The fourth-order valence-corrected chi connectivity index (χ4v) is 1.06. The summed E-state index contributed by atoms with van der Waals surface area (Å²) < 4.78 is 0. The molecule has 1 unspecified atom stereocenters. The molecule has 0 heterocycles. The molecule has 1 nitrogen and oxygen atoms in total. The van der Waals surface area contributed by atoms with Crippen molar-refractivity contribution in [1.82, 2.24) is 0 Å². The fraction of sp³-hybridized carbons (Fsp3) is 0.333. The maximum absolute atomic E-state index is 5.75. The summed E-state index contributed by atoms with van der Waals surface area (Å²) in [6.45, 7) is 6.15. The van der Waals surface area contributed by atoms with E-state index in [1.54, 1.807) is 0 Å². The molecule has 0 aliphatic rings. The minimum atomic E-state index is 0.140. The third-order valence-electron chi connectivity index (χ3n) is 2.19. The summed E-state index contributed by atoms with van der Waals surface area (Å²) in [5.74, 6) is 0. The second-order valence-corrected chi connectivity index (χ2v) is 3.59. The zero-order valence-corrected chi connectivity index (χ0v) is 8.54. The highest BCUT2D eigenvalue weighted by Crippen LogP contribution is 2.09. The Hall–Kier alpha value is -1.08. The Labute approximate surface area is 80.3 Å². The van der Waals surface area contributed by atoms with Crippen molar-refractivity contribution in [3.05, 3.63) is 41.0 Å². The maximum atomic E-state index is 5.75. The average Bonchev–Trinajstić information content (AvgIpc) is 2.08. The van der Waals surface area contributed by atoms with Gasteiger partial charge in [-0.05, 0) is 26.3 Å². The molecular formula is C12H17N. The second kappa shape index (κ2) is 4.24. The van der Waals surface area contributed by atoms with Gasteiger partial charge in [-0.15, -0.1) is 0 Å². The van der Waals surface area contributed by atoms with Gasteiger partial charge in [-0.25, -0.2) is 0 Å². The fourth-order valence-electron chi connectivity index (χ4n) is 1.06. The summed E-state index contributed by atoms with van der Waals surface area (Å²) in [6, 6.07) is 8.59. The molecule has 0 aliphatic heterocycles. The van der Waals surface area contributed by atoms with Gasteiger partial charge in [0.25, 0.3) is 0 Å². The first-order valence-electron chi connectivity index (χ1n) is 4.60. The van der Waals surface area contributed by atoms with E-state index in [0.717, 1.165) is 0 Å². The molecular weight excluding hydrogens is 158 g/mol. The Morgan fingerprint density at radius 3 is 2.31 bits per heavy atom. The molecule has 1 rings (SSSR count). The lowest BCUT2D eigenvalue weighted by Gasteiger charge is -2.04. The summed E-state index contributed by atoms with van der Waals surface area (Å²) in [4.78, 5) is 0. The lowest BCUT2D eigenvalue weighted by Crippen LogP contribution is -2.15. The first-order valence-corrected chi connectivity index (χ1v) is 4.60. The van der Waals surface area contributed by atoms with Crippen LogP contribution in [-0.2, 0) is 0 Å². The molecule has 0 spiro atoms. The number of hydrogen-bond donors (Lipinski definition) is 1. The van der Waals surface area contributed by atoms with Gasteiger partial charge in [-0.1, -0.05) is 41.5 Å². The number of benzene rings is 1. The van der Waals surface area contributed by atoms with Crippen LogP contribution in [0.3, 0.4) is 0 Å². The Morgan fingerprint density at radius 2 is 1.85 bits per heavy atom. The van der Waals surface area contributed by atoms with Crippen LogP contribution in [0.4, 0.5) is 0 Å². The van der Waals surface area contributed by atoms with Gasteiger partial charge in [-0.3, -0.25) is 0 Å². The van der Waals surface area contributed by atoms with Crippen LogP contribution < -0.4 is 5.73 Å². The van der Waals surface area contributed by atoms with E-state index in [0.29, 0.717) is 0 Å². The Balaban J connectivity index is 2.85. The van der Waals surface area contributed by atoms with Crippen LogP contribution >= 0.6 is 0 Å². The molecule has 0 saturated heterocycles. The lowest BCUT2D eigenvalue weighted by atomic mass is 10.1. The predicted molar refractivity (Wildman–Crippen MR) is 58.5 cm³/mol. The molecule has 0 saturated carbocycles. The average molecular weight is 175 g/mol. The smallest absolute Gasteiger partial charge is 0.0225 e. The predicted octanol–water partition coefficient (Wildman–Crippen LogP) is 2.75. The highest BCUT2D eigenvalue weighted by molar-refractivity contribution is 5.53. The molecule has 1 heteroatoms. The molecule has 0 aromatic heterocycles. The Bertz CT molecular complexity index is 293. The van der Waals surface area contributed by atoms with Crippen LogP contribution in [0, 0.1) is 6.92 Å². The molecule has 0 fully saturated rings. The molecule has 0 amide bonds. The third-order valence-corrected chi connectivity index (χ3v) is 2.19. The summed E-state index contributed by atoms with van der Waals surface area (Å²) in [6.07, 6.45) is 2.13. The first kappa shape index (κ1) is 10.0. The normalized spacial score (nSPS) is 14.3. The zero-order valence-electron chi connectivity index (χ0n) is 8.54. The van der Waals surface area contributed by atoms with Gasteiger partial charge in [0.2, 0.25) is 0 Å². The zero-order chi connectivity index (χ0) is 9.84. The van der Waals surface area contributed by atoms with Gasteiger partial charge in [0, 0.05) is 6.04 Å². The Kier molecular flexibility index (Phi) is 3.26. The molecule has 70 valence electrons. The Morgan fingerprint density at radius 1 is 1.31 bits per heavy atom. The second-order valence-electron chi connectivity index (χ2n) is 3.59. The van der Waals surface area contributed by atoms with Crippen molar-refractivity contribution in [2.24, 2.45) is 5.73 Å². The molecule has 13 heavy (non-hydrogen) atoms. The topological polar surface area (TPSA) is 26.0 Å². The maximum Gasteiger partial charge on any atom is 0.0225 e. The summed E-state index contributed by atoms with van der Waals surface area (Å²) in [7, 11) is 0. The van der Waals surface area contributed by atoms with Gasteiger partial charge in [0.05, 0.1) is 0 Å². The van der Waals surface area contributed by atoms with Crippen LogP contribution in [0.5, 0.6) is 0 Å². The van der Waals surface area contributed by atoms with Crippen molar-refractivity contribution in [2.75, 3.05) is 0 Å².